The van der Waals surface area contributed by atoms with Gasteiger partial charge in [0.05, 0.1) is 12.3 Å². The van der Waals surface area contributed by atoms with Gasteiger partial charge < -0.3 is 15.3 Å². The van der Waals surface area contributed by atoms with Gasteiger partial charge >= 0.3 is 5.97 Å². The van der Waals surface area contributed by atoms with Crippen LogP contribution in [0, 0.1) is 5.92 Å². The van der Waals surface area contributed by atoms with Crippen molar-refractivity contribution in [3.63, 3.8) is 0 Å². The number of hydrogen-bond acceptors (Lipinski definition) is 3. The summed E-state index contributed by atoms with van der Waals surface area (Å²) >= 11 is 0. The van der Waals surface area contributed by atoms with Crippen LogP contribution >= 0.6 is 0 Å². The SMILES string of the molecule is CC(C)N1CC(C(=O)NCc2cccc(CC(=O)O)c2)CC1=O. The largest absolute Gasteiger partial charge is 0.481 e. The van der Waals surface area contributed by atoms with Gasteiger partial charge in [0, 0.05) is 25.6 Å². The summed E-state index contributed by atoms with van der Waals surface area (Å²) in [5.74, 6) is -1.31. The number of carbonyl (C=O) groups excluding carboxylic acids is 2. The molecule has 2 rings (SSSR count). The van der Waals surface area contributed by atoms with E-state index >= 15 is 0 Å². The van der Waals surface area contributed by atoms with Crippen LogP contribution in [0.5, 0.6) is 0 Å². The van der Waals surface area contributed by atoms with E-state index in [1.807, 2.05) is 19.9 Å². The zero-order chi connectivity index (χ0) is 17.0. The lowest BCUT2D eigenvalue weighted by molar-refractivity contribution is -0.136. The van der Waals surface area contributed by atoms with Crippen molar-refractivity contribution >= 4 is 17.8 Å². The zero-order valence-electron chi connectivity index (χ0n) is 13.4. The molecule has 2 amide bonds. The number of nitrogens with zero attached hydrogens (tertiary/aromatic N) is 1. The molecule has 0 aromatic heterocycles. The van der Waals surface area contributed by atoms with Crippen LogP contribution in [0.4, 0.5) is 0 Å². The molecule has 1 saturated heterocycles. The van der Waals surface area contributed by atoms with E-state index in [1.54, 1.807) is 23.1 Å². The summed E-state index contributed by atoms with van der Waals surface area (Å²) in [6.07, 6.45) is 0.214. The van der Waals surface area contributed by atoms with Gasteiger partial charge in [0.2, 0.25) is 11.8 Å². The Morgan fingerprint density at radius 2 is 2.04 bits per heavy atom. The molecular formula is C17H22N2O4. The van der Waals surface area contributed by atoms with Crippen molar-refractivity contribution in [3.05, 3.63) is 35.4 Å². The van der Waals surface area contributed by atoms with Gasteiger partial charge in [-0.05, 0) is 25.0 Å². The van der Waals surface area contributed by atoms with Crippen molar-refractivity contribution < 1.29 is 19.5 Å². The average molecular weight is 318 g/mol. The third-order valence-corrected chi connectivity index (χ3v) is 3.97. The van der Waals surface area contributed by atoms with Crippen LogP contribution in [0.2, 0.25) is 0 Å². The van der Waals surface area contributed by atoms with E-state index in [-0.39, 0.29) is 36.6 Å². The molecule has 6 nitrogen and oxygen atoms in total. The lowest BCUT2D eigenvalue weighted by Crippen LogP contribution is -2.35. The summed E-state index contributed by atoms with van der Waals surface area (Å²) in [4.78, 5) is 36.5. The predicted octanol–water partition coefficient (Wildman–Crippen LogP) is 1.19. The smallest absolute Gasteiger partial charge is 0.307 e. The molecule has 0 bridgehead atoms. The first-order valence-corrected chi connectivity index (χ1v) is 7.73. The molecule has 1 fully saturated rings. The van der Waals surface area contributed by atoms with Crippen molar-refractivity contribution in [1.29, 1.82) is 0 Å². The van der Waals surface area contributed by atoms with E-state index in [9.17, 15) is 14.4 Å². The van der Waals surface area contributed by atoms with Crippen molar-refractivity contribution in [2.75, 3.05) is 6.54 Å². The number of nitrogens with one attached hydrogen (secondary N) is 1. The second-order valence-corrected chi connectivity index (χ2v) is 6.15. The molecule has 1 aromatic carbocycles. The molecule has 23 heavy (non-hydrogen) atoms. The van der Waals surface area contributed by atoms with E-state index in [0.29, 0.717) is 18.7 Å². The lowest BCUT2D eigenvalue weighted by Gasteiger charge is -2.20. The Labute approximate surface area is 135 Å². The van der Waals surface area contributed by atoms with Gasteiger partial charge in [-0.25, -0.2) is 0 Å². The standard InChI is InChI=1S/C17H22N2O4/c1-11(2)19-10-14(8-15(19)20)17(23)18-9-13-5-3-4-12(6-13)7-16(21)22/h3-6,11,14H,7-10H2,1-2H3,(H,18,23)(H,21,22). The lowest BCUT2D eigenvalue weighted by atomic mass is 10.1. The highest BCUT2D eigenvalue weighted by Gasteiger charge is 2.35. The molecule has 1 unspecified atom stereocenters. The number of carbonyl (C=O) groups is 3. The zero-order valence-corrected chi connectivity index (χ0v) is 13.4. The molecule has 2 N–H and O–H groups in total. The van der Waals surface area contributed by atoms with E-state index in [0.717, 1.165) is 5.56 Å². The molecule has 1 aliphatic rings. The fraction of sp³-hybridized carbons (Fsp3) is 0.471. The van der Waals surface area contributed by atoms with Crippen molar-refractivity contribution in [1.82, 2.24) is 10.2 Å². The van der Waals surface area contributed by atoms with E-state index in [4.69, 9.17) is 5.11 Å². The Hall–Kier alpha value is -2.37. The molecule has 0 radical (unpaired) electrons. The van der Waals surface area contributed by atoms with Crippen LogP contribution in [0.15, 0.2) is 24.3 Å². The highest BCUT2D eigenvalue weighted by molar-refractivity contribution is 5.89. The monoisotopic (exact) mass is 318 g/mol. The fourth-order valence-corrected chi connectivity index (χ4v) is 2.76. The van der Waals surface area contributed by atoms with Crippen LogP contribution in [-0.2, 0) is 27.3 Å². The minimum atomic E-state index is -0.885. The van der Waals surface area contributed by atoms with Crippen molar-refractivity contribution in [2.45, 2.75) is 39.3 Å². The van der Waals surface area contributed by atoms with Gasteiger partial charge in [-0.1, -0.05) is 24.3 Å². The topological polar surface area (TPSA) is 86.7 Å². The predicted molar refractivity (Wildman–Crippen MR) is 84.6 cm³/mol. The third-order valence-electron chi connectivity index (χ3n) is 3.97. The molecule has 1 atom stereocenters. The highest BCUT2D eigenvalue weighted by Crippen LogP contribution is 2.20. The Bertz CT molecular complexity index is 612. The maximum atomic E-state index is 12.2. The summed E-state index contributed by atoms with van der Waals surface area (Å²) in [6, 6.07) is 7.24. The van der Waals surface area contributed by atoms with Crippen molar-refractivity contribution in [3.8, 4) is 0 Å². The summed E-state index contributed by atoms with van der Waals surface area (Å²) in [6.45, 7) is 4.66. The molecule has 0 saturated carbocycles. The van der Waals surface area contributed by atoms with E-state index in [1.165, 1.54) is 0 Å². The Morgan fingerprint density at radius 3 is 2.65 bits per heavy atom. The molecule has 1 aromatic rings. The second-order valence-electron chi connectivity index (χ2n) is 6.15. The summed E-state index contributed by atoms with van der Waals surface area (Å²) in [5.41, 5.74) is 1.55. The van der Waals surface area contributed by atoms with Crippen molar-refractivity contribution in [2.24, 2.45) is 5.92 Å². The fourth-order valence-electron chi connectivity index (χ4n) is 2.76. The van der Waals surface area contributed by atoms with Gasteiger partial charge in [0.15, 0.2) is 0 Å². The second kappa shape index (κ2) is 7.26. The quantitative estimate of drug-likeness (QED) is 0.825. The number of carboxylic acids is 1. The molecular weight excluding hydrogens is 296 g/mol. The van der Waals surface area contributed by atoms with Gasteiger partial charge in [-0.3, -0.25) is 14.4 Å². The number of likely N-dealkylation sites (tertiary alicyclic amines) is 1. The average Bonchev–Trinajstić information content (AvgIpc) is 2.87. The van der Waals surface area contributed by atoms with Gasteiger partial charge in [0.1, 0.15) is 0 Å². The Balaban J connectivity index is 1.90. The van der Waals surface area contributed by atoms with E-state index < -0.39 is 5.97 Å². The highest BCUT2D eigenvalue weighted by atomic mass is 16.4. The van der Waals surface area contributed by atoms with Gasteiger partial charge in [-0.15, -0.1) is 0 Å². The number of rotatable bonds is 6. The molecule has 0 aliphatic carbocycles. The first kappa shape index (κ1) is 17.0. The maximum Gasteiger partial charge on any atom is 0.307 e. The summed E-state index contributed by atoms with van der Waals surface area (Å²) in [5, 5.41) is 11.6. The minimum Gasteiger partial charge on any atom is -0.481 e. The molecule has 6 heteroatoms. The number of carboxylic acid groups (broad SMARTS) is 1. The van der Waals surface area contributed by atoms with Crippen LogP contribution in [0.3, 0.4) is 0 Å². The third kappa shape index (κ3) is 4.55. The Morgan fingerprint density at radius 1 is 1.35 bits per heavy atom. The number of benzene rings is 1. The van der Waals surface area contributed by atoms with Gasteiger partial charge in [0.25, 0.3) is 0 Å². The summed E-state index contributed by atoms with van der Waals surface area (Å²) in [7, 11) is 0. The number of aliphatic carboxylic acids is 1. The van der Waals surface area contributed by atoms with Crippen LogP contribution in [0.1, 0.15) is 31.4 Å². The van der Waals surface area contributed by atoms with Gasteiger partial charge in [-0.2, -0.15) is 0 Å². The molecule has 124 valence electrons. The number of hydrogen-bond donors (Lipinski definition) is 2. The van der Waals surface area contributed by atoms with E-state index in [2.05, 4.69) is 5.32 Å². The molecule has 0 spiro atoms. The molecule has 1 aliphatic heterocycles. The van der Waals surface area contributed by atoms with Crippen LogP contribution in [0.25, 0.3) is 0 Å². The maximum absolute atomic E-state index is 12.2. The number of amides is 2. The van der Waals surface area contributed by atoms with Crippen LogP contribution < -0.4 is 5.32 Å². The van der Waals surface area contributed by atoms with Crippen LogP contribution in [-0.4, -0.2) is 40.4 Å². The normalized spacial score (nSPS) is 17.6. The minimum absolute atomic E-state index is 0.0172. The first-order valence-electron chi connectivity index (χ1n) is 7.73. The summed E-state index contributed by atoms with van der Waals surface area (Å²) < 4.78 is 0. The molecule has 1 heterocycles. The first-order chi connectivity index (χ1) is 10.9. The Kier molecular flexibility index (Phi) is 5.36.